The number of nitrogens with two attached hydrogens (primary N) is 1. The lowest BCUT2D eigenvalue weighted by atomic mass is 9.92. The number of pyridine rings is 1. The number of aromatic amines is 1. The summed E-state index contributed by atoms with van der Waals surface area (Å²) in [6.45, 7) is 8.63. The smallest absolute Gasteiger partial charge is 0.255 e. The van der Waals surface area contributed by atoms with Gasteiger partial charge in [-0.2, -0.15) is 5.21 Å². The van der Waals surface area contributed by atoms with Gasteiger partial charge in [-0.3, -0.25) is 9.78 Å². The van der Waals surface area contributed by atoms with E-state index in [1.807, 2.05) is 13.0 Å². The standard InChI is InChI=1S/C26H29N7O/c1-15(2)12-22-21(14-27)23(18-10-8-16(3)9-11-18)24(17(4)28-22)29-26(34)20-7-5-6-19(13-20)25-30-32-33-31-25/h5-11,13,15H,12,14,27H2,1-4H3,(H,29,34)(H,30,31,32,33). The van der Waals surface area contributed by atoms with E-state index in [0.29, 0.717) is 35.1 Å². The number of H-pyrrole nitrogens is 1. The Kier molecular flexibility index (Phi) is 6.79. The van der Waals surface area contributed by atoms with Gasteiger partial charge in [-0.1, -0.05) is 55.8 Å². The molecule has 0 fully saturated rings. The zero-order chi connectivity index (χ0) is 24.2. The highest BCUT2D eigenvalue weighted by Crippen LogP contribution is 2.36. The molecule has 174 valence electrons. The van der Waals surface area contributed by atoms with Gasteiger partial charge in [0.2, 0.25) is 5.82 Å². The quantitative estimate of drug-likeness (QED) is 0.378. The summed E-state index contributed by atoms with van der Waals surface area (Å²) in [5.74, 6) is 0.607. The number of aromatic nitrogens is 5. The number of aryl methyl sites for hydroxylation is 2. The Morgan fingerprint density at radius 1 is 1.09 bits per heavy atom. The summed E-state index contributed by atoms with van der Waals surface area (Å²) < 4.78 is 0. The Morgan fingerprint density at radius 3 is 2.50 bits per heavy atom. The molecule has 34 heavy (non-hydrogen) atoms. The first-order valence-corrected chi connectivity index (χ1v) is 11.3. The number of anilines is 1. The van der Waals surface area contributed by atoms with Crippen molar-refractivity contribution >= 4 is 11.6 Å². The zero-order valence-electron chi connectivity index (χ0n) is 19.9. The van der Waals surface area contributed by atoms with Crippen LogP contribution in [0.2, 0.25) is 0 Å². The number of rotatable bonds is 7. The fourth-order valence-corrected chi connectivity index (χ4v) is 4.04. The molecule has 2 aromatic carbocycles. The van der Waals surface area contributed by atoms with Gasteiger partial charge in [0.25, 0.3) is 5.91 Å². The van der Waals surface area contributed by atoms with E-state index < -0.39 is 0 Å². The summed E-state index contributed by atoms with van der Waals surface area (Å²) in [6, 6.07) is 15.4. The van der Waals surface area contributed by atoms with Crippen molar-refractivity contribution in [3.63, 3.8) is 0 Å². The minimum Gasteiger partial charge on any atom is -0.326 e. The van der Waals surface area contributed by atoms with Crippen molar-refractivity contribution in [1.82, 2.24) is 25.6 Å². The number of carbonyl (C=O) groups excluding carboxylic acids is 1. The highest BCUT2D eigenvalue weighted by atomic mass is 16.1. The molecule has 0 atom stereocenters. The number of nitrogens with zero attached hydrogens (tertiary/aromatic N) is 4. The number of carbonyl (C=O) groups is 1. The third kappa shape index (κ3) is 4.87. The minimum absolute atomic E-state index is 0.247. The Balaban J connectivity index is 1.80. The molecule has 0 aliphatic heterocycles. The molecule has 0 bridgehead atoms. The van der Waals surface area contributed by atoms with Gasteiger partial charge in [0.15, 0.2) is 0 Å². The van der Waals surface area contributed by atoms with Gasteiger partial charge in [0.05, 0.1) is 11.4 Å². The number of hydrogen-bond donors (Lipinski definition) is 3. The largest absolute Gasteiger partial charge is 0.326 e. The summed E-state index contributed by atoms with van der Waals surface area (Å²) in [6.07, 6.45) is 0.813. The molecule has 4 rings (SSSR count). The monoisotopic (exact) mass is 455 g/mol. The summed E-state index contributed by atoms with van der Waals surface area (Å²) in [5, 5.41) is 17.1. The van der Waals surface area contributed by atoms with Crippen molar-refractivity contribution in [2.75, 3.05) is 5.32 Å². The first-order valence-electron chi connectivity index (χ1n) is 11.3. The minimum atomic E-state index is -0.247. The van der Waals surface area contributed by atoms with Crippen LogP contribution in [0, 0.1) is 19.8 Å². The van der Waals surface area contributed by atoms with Crippen LogP contribution in [-0.4, -0.2) is 31.5 Å². The third-order valence-electron chi connectivity index (χ3n) is 5.68. The lowest BCUT2D eigenvalue weighted by Gasteiger charge is -2.21. The lowest BCUT2D eigenvalue weighted by molar-refractivity contribution is 0.102. The molecule has 4 N–H and O–H groups in total. The van der Waals surface area contributed by atoms with Gasteiger partial charge in [-0.15, -0.1) is 10.2 Å². The van der Waals surface area contributed by atoms with E-state index in [0.717, 1.165) is 40.1 Å². The van der Waals surface area contributed by atoms with E-state index in [-0.39, 0.29) is 5.91 Å². The van der Waals surface area contributed by atoms with Crippen molar-refractivity contribution in [2.24, 2.45) is 11.7 Å². The lowest BCUT2D eigenvalue weighted by Crippen LogP contribution is -2.18. The molecule has 2 aromatic heterocycles. The van der Waals surface area contributed by atoms with Crippen LogP contribution in [0.1, 0.15) is 46.7 Å². The summed E-state index contributed by atoms with van der Waals surface area (Å²) >= 11 is 0. The first-order chi connectivity index (χ1) is 16.4. The maximum Gasteiger partial charge on any atom is 0.255 e. The fraction of sp³-hybridized carbons (Fsp3) is 0.269. The Bertz CT molecular complexity index is 1300. The van der Waals surface area contributed by atoms with Gasteiger partial charge < -0.3 is 11.1 Å². The Hall–Kier alpha value is -3.91. The van der Waals surface area contributed by atoms with Crippen molar-refractivity contribution < 1.29 is 4.79 Å². The van der Waals surface area contributed by atoms with Gasteiger partial charge in [0, 0.05) is 28.9 Å². The molecule has 0 spiro atoms. The maximum absolute atomic E-state index is 13.4. The third-order valence-corrected chi connectivity index (χ3v) is 5.68. The molecule has 0 radical (unpaired) electrons. The second-order valence-corrected chi connectivity index (χ2v) is 8.81. The van der Waals surface area contributed by atoms with Crippen LogP contribution < -0.4 is 11.1 Å². The first kappa shape index (κ1) is 23.3. The Labute approximate surface area is 199 Å². The van der Waals surface area contributed by atoms with Gasteiger partial charge in [-0.25, -0.2) is 0 Å². The van der Waals surface area contributed by atoms with Crippen molar-refractivity contribution in [3.8, 4) is 22.5 Å². The van der Waals surface area contributed by atoms with Crippen LogP contribution in [0.3, 0.4) is 0 Å². The Morgan fingerprint density at radius 2 is 1.85 bits per heavy atom. The molecular weight excluding hydrogens is 426 g/mol. The SMILES string of the molecule is Cc1ccc(-c2c(CN)c(CC(C)C)nc(C)c2NC(=O)c2cccc(-c3nn[nH]n3)c2)cc1. The molecule has 8 nitrogen and oxygen atoms in total. The average Bonchev–Trinajstić information content (AvgIpc) is 3.36. The van der Waals surface area contributed by atoms with Crippen molar-refractivity contribution in [1.29, 1.82) is 0 Å². The van der Waals surface area contributed by atoms with Gasteiger partial charge in [-0.05, 0) is 54.7 Å². The van der Waals surface area contributed by atoms with Crippen molar-refractivity contribution in [2.45, 2.75) is 40.7 Å². The molecule has 0 saturated carbocycles. The van der Waals surface area contributed by atoms with Crippen LogP contribution in [0.4, 0.5) is 5.69 Å². The molecule has 4 aromatic rings. The van der Waals surface area contributed by atoms with Crippen LogP contribution in [0.15, 0.2) is 48.5 Å². The van der Waals surface area contributed by atoms with E-state index in [4.69, 9.17) is 10.7 Å². The van der Waals surface area contributed by atoms with E-state index in [9.17, 15) is 4.79 Å². The summed E-state index contributed by atoms with van der Waals surface area (Å²) in [7, 11) is 0. The van der Waals surface area contributed by atoms with Crippen LogP contribution >= 0.6 is 0 Å². The molecule has 0 aliphatic carbocycles. The average molecular weight is 456 g/mol. The van der Waals surface area contributed by atoms with E-state index in [2.05, 4.69) is 71.0 Å². The molecule has 1 amide bonds. The highest BCUT2D eigenvalue weighted by Gasteiger charge is 2.21. The second-order valence-electron chi connectivity index (χ2n) is 8.81. The van der Waals surface area contributed by atoms with E-state index in [1.54, 1.807) is 18.2 Å². The molecule has 2 heterocycles. The zero-order valence-corrected chi connectivity index (χ0v) is 19.9. The number of benzene rings is 2. The molecule has 0 aliphatic rings. The topological polar surface area (TPSA) is 122 Å². The maximum atomic E-state index is 13.4. The predicted molar refractivity (Wildman–Crippen MR) is 133 cm³/mol. The highest BCUT2D eigenvalue weighted by molar-refractivity contribution is 6.07. The molecule has 0 saturated heterocycles. The molecule has 0 unspecified atom stereocenters. The number of hydrogen-bond acceptors (Lipinski definition) is 6. The number of amides is 1. The number of nitrogens with one attached hydrogen (secondary N) is 2. The van der Waals surface area contributed by atoms with Gasteiger partial charge >= 0.3 is 0 Å². The molecular formula is C26H29N7O. The van der Waals surface area contributed by atoms with E-state index in [1.165, 1.54) is 0 Å². The van der Waals surface area contributed by atoms with Crippen LogP contribution in [-0.2, 0) is 13.0 Å². The molecule has 8 heteroatoms. The van der Waals surface area contributed by atoms with Crippen LogP contribution in [0.25, 0.3) is 22.5 Å². The van der Waals surface area contributed by atoms with E-state index >= 15 is 0 Å². The normalized spacial score (nSPS) is 11.1. The summed E-state index contributed by atoms with van der Waals surface area (Å²) in [5.41, 5.74) is 13.9. The number of tetrazole rings is 1. The summed E-state index contributed by atoms with van der Waals surface area (Å²) in [4.78, 5) is 18.2. The van der Waals surface area contributed by atoms with Gasteiger partial charge in [0.1, 0.15) is 0 Å². The second kappa shape index (κ2) is 9.93. The van der Waals surface area contributed by atoms with Crippen LogP contribution in [0.5, 0.6) is 0 Å². The fourth-order valence-electron chi connectivity index (χ4n) is 4.04. The van der Waals surface area contributed by atoms with Crippen molar-refractivity contribution in [3.05, 3.63) is 76.6 Å². The predicted octanol–water partition coefficient (Wildman–Crippen LogP) is 4.46.